The van der Waals surface area contributed by atoms with Gasteiger partial charge in [-0.05, 0) is 30.7 Å². The molecule has 17 heavy (non-hydrogen) atoms. The van der Waals surface area contributed by atoms with Gasteiger partial charge in [-0.15, -0.1) is 0 Å². The van der Waals surface area contributed by atoms with Gasteiger partial charge in [-0.1, -0.05) is 19.1 Å². The van der Waals surface area contributed by atoms with Crippen LogP contribution in [0.3, 0.4) is 0 Å². The summed E-state index contributed by atoms with van der Waals surface area (Å²) in [6, 6.07) is 3.66. The Morgan fingerprint density at radius 3 is 3.06 bits per heavy atom. The summed E-state index contributed by atoms with van der Waals surface area (Å²) in [6.45, 7) is 3.02. The minimum absolute atomic E-state index is 0.599. The first-order valence-corrected chi connectivity index (χ1v) is 6.00. The van der Waals surface area contributed by atoms with E-state index in [1.807, 2.05) is 12.1 Å². The molecule has 2 atom stereocenters. The summed E-state index contributed by atoms with van der Waals surface area (Å²) >= 11 is 0. The monoisotopic (exact) mass is 233 g/mol. The lowest BCUT2D eigenvalue weighted by atomic mass is 9.85. The van der Waals surface area contributed by atoms with Gasteiger partial charge in [0.25, 0.3) is 0 Å². The molecule has 0 saturated carbocycles. The van der Waals surface area contributed by atoms with Crippen molar-refractivity contribution in [1.82, 2.24) is 4.98 Å². The Hall–Kier alpha value is -1.55. The van der Waals surface area contributed by atoms with Crippen molar-refractivity contribution in [3.05, 3.63) is 30.5 Å². The van der Waals surface area contributed by atoms with E-state index < -0.39 is 0 Å². The van der Waals surface area contributed by atoms with Crippen molar-refractivity contribution in [2.75, 3.05) is 12.0 Å². The molecule has 0 aromatic carbocycles. The van der Waals surface area contributed by atoms with Crippen LogP contribution in [0.25, 0.3) is 0 Å². The summed E-state index contributed by atoms with van der Waals surface area (Å²) in [4.78, 5) is 4.04. The zero-order valence-electron chi connectivity index (χ0n) is 10.1. The largest absolute Gasteiger partial charge is 0.493 e. The van der Waals surface area contributed by atoms with Gasteiger partial charge in [0.15, 0.2) is 0 Å². The van der Waals surface area contributed by atoms with Gasteiger partial charge in [0.05, 0.1) is 6.61 Å². The molecule has 4 nitrogen and oxygen atoms in total. The van der Waals surface area contributed by atoms with Gasteiger partial charge in [-0.3, -0.25) is 0 Å². The number of aromatic nitrogens is 1. The topological polar surface area (TPSA) is 60.2 Å². The molecule has 2 unspecified atom stereocenters. The molecule has 0 fully saturated rings. The van der Waals surface area contributed by atoms with Crippen molar-refractivity contribution >= 4 is 5.82 Å². The molecule has 0 bridgehead atoms. The van der Waals surface area contributed by atoms with Gasteiger partial charge in [-0.25, -0.2) is 10.8 Å². The molecule has 0 aliphatic heterocycles. The fraction of sp³-hybridized carbons (Fsp3) is 0.462. The van der Waals surface area contributed by atoms with E-state index in [0.29, 0.717) is 17.7 Å². The molecule has 4 heteroatoms. The Bertz CT molecular complexity index is 392. The van der Waals surface area contributed by atoms with E-state index in [1.165, 1.54) is 0 Å². The van der Waals surface area contributed by atoms with E-state index in [-0.39, 0.29) is 0 Å². The van der Waals surface area contributed by atoms with E-state index in [1.54, 1.807) is 6.20 Å². The number of pyridine rings is 1. The van der Waals surface area contributed by atoms with Gasteiger partial charge in [0, 0.05) is 12.3 Å². The molecule has 0 saturated heterocycles. The highest BCUT2D eigenvalue weighted by atomic mass is 16.5. The number of hydrazine groups is 1. The number of allylic oxidation sites excluding steroid dienone is 2. The highest BCUT2D eigenvalue weighted by molar-refractivity contribution is 5.39. The summed E-state index contributed by atoms with van der Waals surface area (Å²) in [6.07, 6.45) is 8.44. The Morgan fingerprint density at radius 2 is 2.29 bits per heavy atom. The average molecular weight is 233 g/mol. The number of nitrogen functional groups attached to an aromatic ring is 1. The number of nitrogens with two attached hydrogens (primary N) is 1. The lowest BCUT2D eigenvalue weighted by Crippen LogP contribution is -2.21. The molecule has 0 spiro atoms. The second-order valence-corrected chi connectivity index (χ2v) is 4.51. The molecule has 0 amide bonds. The van der Waals surface area contributed by atoms with Crippen LogP contribution >= 0.6 is 0 Å². The van der Waals surface area contributed by atoms with E-state index >= 15 is 0 Å². The van der Waals surface area contributed by atoms with Crippen LogP contribution < -0.4 is 16.0 Å². The highest BCUT2D eigenvalue weighted by Crippen LogP contribution is 2.26. The predicted molar refractivity (Wildman–Crippen MR) is 68.6 cm³/mol. The smallest absolute Gasteiger partial charge is 0.143 e. The quantitative estimate of drug-likeness (QED) is 0.476. The van der Waals surface area contributed by atoms with Gasteiger partial charge in [0.1, 0.15) is 11.6 Å². The minimum Gasteiger partial charge on any atom is -0.493 e. The lowest BCUT2D eigenvalue weighted by Gasteiger charge is -2.25. The number of ether oxygens (including phenoxy) is 1. The van der Waals surface area contributed by atoms with Crippen LogP contribution in [-0.2, 0) is 0 Å². The first-order chi connectivity index (χ1) is 8.29. The Kier molecular flexibility index (Phi) is 3.98. The third-order valence-electron chi connectivity index (χ3n) is 3.26. The second kappa shape index (κ2) is 5.68. The Labute approximate surface area is 102 Å². The molecule has 92 valence electrons. The van der Waals surface area contributed by atoms with Crippen LogP contribution in [0, 0.1) is 11.8 Å². The molecule has 1 aliphatic rings. The van der Waals surface area contributed by atoms with E-state index in [2.05, 4.69) is 29.5 Å². The summed E-state index contributed by atoms with van der Waals surface area (Å²) in [5.41, 5.74) is 2.51. The molecule has 1 aromatic heterocycles. The van der Waals surface area contributed by atoms with Crippen LogP contribution in [-0.4, -0.2) is 11.6 Å². The number of hydrogen-bond acceptors (Lipinski definition) is 4. The molecule has 3 N–H and O–H groups in total. The first kappa shape index (κ1) is 11.9. The van der Waals surface area contributed by atoms with Crippen molar-refractivity contribution in [2.24, 2.45) is 17.7 Å². The number of rotatable bonds is 4. The van der Waals surface area contributed by atoms with Crippen molar-refractivity contribution in [2.45, 2.75) is 19.8 Å². The fourth-order valence-electron chi connectivity index (χ4n) is 2.02. The number of anilines is 1. The molecule has 1 heterocycles. The standard InChI is InChI=1S/C13H19N3O/c1-10-4-2-3-5-11(10)9-17-12-6-7-15-13(8-12)16-14/h2-3,6-8,10-11H,4-5,9,14H2,1H3,(H,15,16). The SMILES string of the molecule is CC1CC=CCC1COc1ccnc(NN)c1. The lowest BCUT2D eigenvalue weighted by molar-refractivity contribution is 0.198. The Balaban J connectivity index is 1.90. The molecular formula is C13H19N3O. The predicted octanol–water partition coefficient (Wildman–Crippen LogP) is 2.35. The van der Waals surface area contributed by atoms with Crippen LogP contribution in [0.5, 0.6) is 5.75 Å². The van der Waals surface area contributed by atoms with Gasteiger partial charge in [-0.2, -0.15) is 0 Å². The first-order valence-electron chi connectivity index (χ1n) is 6.00. The zero-order chi connectivity index (χ0) is 12.1. The number of nitrogens with one attached hydrogen (secondary N) is 1. The average Bonchev–Trinajstić information content (AvgIpc) is 2.38. The summed E-state index contributed by atoms with van der Waals surface area (Å²) in [5.74, 6) is 8.03. The second-order valence-electron chi connectivity index (χ2n) is 4.51. The molecule has 0 radical (unpaired) electrons. The third kappa shape index (κ3) is 3.20. The summed E-state index contributed by atoms with van der Waals surface area (Å²) in [5, 5.41) is 0. The normalized spacial score (nSPS) is 23.4. The molecule has 2 rings (SSSR count). The zero-order valence-corrected chi connectivity index (χ0v) is 10.1. The minimum atomic E-state index is 0.599. The third-order valence-corrected chi connectivity index (χ3v) is 3.26. The maximum Gasteiger partial charge on any atom is 0.143 e. The van der Waals surface area contributed by atoms with Crippen molar-refractivity contribution < 1.29 is 4.74 Å². The molecule has 1 aromatic rings. The maximum atomic E-state index is 5.79. The molecular weight excluding hydrogens is 214 g/mol. The number of nitrogens with zero attached hydrogens (tertiary/aromatic N) is 1. The summed E-state index contributed by atoms with van der Waals surface area (Å²) < 4.78 is 5.79. The van der Waals surface area contributed by atoms with E-state index in [0.717, 1.165) is 25.2 Å². The fourth-order valence-corrected chi connectivity index (χ4v) is 2.02. The highest BCUT2D eigenvalue weighted by Gasteiger charge is 2.18. The summed E-state index contributed by atoms with van der Waals surface area (Å²) in [7, 11) is 0. The van der Waals surface area contributed by atoms with Gasteiger partial charge in [0.2, 0.25) is 0 Å². The van der Waals surface area contributed by atoms with Crippen LogP contribution in [0.15, 0.2) is 30.5 Å². The van der Waals surface area contributed by atoms with Crippen LogP contribution in [0.1, 0.15) is 19.8 Å². The van der Waals surface area contributed by atoms with Crippen molar-refractivity contribution in [3.63, 3.8) is 0 Å². The van der Waals surface area contributed by atoms with E-state index in [4.69, 9.17) is 10.6 Å². The van der Waals surface area contributed by atoms with Crippen molar-refractivity contribution in [1.29, 1.82) is 0 Å². The van der Waals surface area contributed by atoms with Gasteiger partial charge >= 0.3 is 0 Å². The maximum absolute atomic E-state index is 5.79. The van der Waals surface area contributed by atoms with Crippen LogP contribution in [0.4, 0.5) is 5.82 Å². The van der Waals surface area contributed by atoms with Gasteiger partial charge < -0.3 is 10.2 Å². The molecule has 1 aliphatic carbocycles. The van der Waals surface area contributed by atoms with Crippen LogP contribution in [0.2, 0.25) is 0 Å². The number of hydrogen-bond donors (Lipinski definition) is 2. The van der Waals surface area contributed by atoms with Crippen molar-refractivity contribution in [3.8, 4) is 5.75 Å². The van der Waals surface area contributed by atoms with E-state index in [9.17, 15) is 0 Å². The Morgan fingerprint density at radius 1 is 1.47 bits per heavy atom.